The van der Waals surface area contributed by atoms with Gasteiger partial charge >= 0.3 is 0 Å². The highest BCUT2D eigenvalue weighted by molar-refractivity contribution is 7.11. The van der Waals surface area contributed by atoms with Crippen LogP contribution in [0.2, 0.25) is 0 Å². The summed E-state index contributed by atoms with van der Waals surface area (Å²) >= 11 is 1.96. The van der Waals surface area contributed by atoms with Crippen molar-refractivity contribution in [3.8, 4) is 0 Å². The predicted molar refractivity (Wildman–Crippen MR) is 50.1 cm³/mol. The second kappa shape index (κ2) is 2.98. The molecular weight excluding hydrogens is 152 g/mol. The zero-order chi connectivity index (χ0) is 7.68. The lowest BCUT2D eigenvalue weighted by Crippen LogP contribution is -1.80. The summed E-state index contributed by atoms with van der Waals surface area (Å²) in [6.45, 7) is 2.19. The van der Waals surface area contributed by atoms with Crippen LogP contribution in [0.25, 0.3) is 0 Å². The second-order valence-electron chi connectivity index (χ2n) is 3.49. The molecule has 0 spiro atoms. The van der Waals surface area contributed by atoms with Crippen molar-refractivity contribution in [1.29, 1.82) is 0 Å². The molecule has 0 unspecified atom stereocenters. The largest absolute Gasteiger partial charge is 0.146 e. The molecule has 0 atom stereocenters. The van der Waals surface area contributed by atoms with Crippen LogP contribution in [-0.4, -0.2) is 0 Å². The summed E-state index contributed by atoms with van der Waals surface area (Å²) in [5.41, 5.74) is 0. The van der Waals surface area contributed by atoms with Crippen LogP contribution < -0.4 is 0 Å². The fourth-order valence-corrected chi connectivity index (χ4v) is 2.28. The third-order valence-electron chi connectivity index (χ3n) is 2.29. The predicted octanol–water partition coefficient (Wildman–Crippen LogP) is 3.40. The third kappa shape index (κ3) is 2.06. The Kier molecular flexibility index (Phi) is 1.99. The van der Waals surface area contributed by atoms with Crippen LogP contribution in [0.5, 0.6) is 0 Å². The first-order valence-corrected chi connectivity index (χ1v) is 5.21. The molecule has 0 N–H and O–H groups in total. The first-order valence-electron chi connectivity index (χ1n) is 4.40. The van der Waals surface area contributed by atoms with Gasteiger partial charge < -0.3 is 0 Å². The maximum Gasteiger partial charge on any atom is 0.00481 e. The van der Waals surface area contributed by atoms with E-state index < -0.39 is 0 Å². The lowest BCUT2D eigenvalue weighted by atomic mass is 10.2. The van der Waals surface area contributed by atoms with E-state index in [9.17, 15) is 0 Å². The van der Waals surface area contributed by atoms with Gasteiger partial charge in [-0.2, -0.15) is 0 Å². The summed E-state index contributed by atoms with van der Waals surface area (Å²) in [4.78, 5) is 3.03. The first-order chi connectivity index (χ1) is 5.34. The molecule has 1 aromatic rings. The van der Waals surface area contributed by atoms with Gasteiger partial charge in [0.05, 0.1) is 0 Å². The molecule has 60 valence electrons. The summed E-state index contributed by atoms with van der Waals surface area (Å²) < 4.78 is 0. The Labute approximate surface area is 72.3 Å². The molecule has 1 heterocycles. The average Bonchev–Trinajstić information content (AvgIpc) is 2.72. The van der Waals surface area contributed by atoms with Crippen molar-refractivity contribution in [2.75, 3.05) is 0 Å². The molecule has 1 aromatic heterocycles. The van der Waals surface area contributed by atoms with Crippen LogP contribution in [0, 0.1) is 12.8 Å². The summed E-state index contributed by atoms with van der Waals surface area (Å²) in [6.07, 6.45) is 5.73. The van der Waals surface area contributed by atoms with Gasteiger partial charge in [-0.3, -0.25) is 0 Å². The van der Waals surface area contributed by atoms with Gasteiger partial charge in [0.2, 0.25) is 0 Å². The molecule has 0 aliphatic heterocycles. The molecule has 1 aliphatic carbocycles. The Morgan fingerprint density at radius 1 is 1.45 bits per heavy atom. The van der Waals surface area contributed by atoms with Crippen LogP contribution in [0.3, 0.4) is 0 Å². The number of aryl methyl sites for hydroxylation is 2. The molecule has 0 aromatic carbocycles. The van der Waals surface area contributed by atoms with Crippen molar-refractivity contribution in [2.45, 2.75) is 32.6 Å². The minimum Gasteiger partial charge on any atom is -0.146 e. The van der Waals surface area contributed by atoms with Crippen molar-refractivity contribution in [1.82, 2.24) is 0 Å². The van der Waals surface area contributed by atoms with Gasteiger partial charge in [-0.05, 0) is 37.8 Å². The number of rotatable bonds is 3. The van der Waals surface area contributed by atoms with Crippen molar-refractivity contribution >= 4 is 11.3 Å². The van der Waals surface area contributed by atoms with Gasteiger partial charge in [0.15, 0.2) is 0 Å². The molecule has 0 amide bonds. The molecule has 1 heteroatoms. The quantitative estimate of drug-likeness (QED) is 0.645. The first kappa shape index (κ1) is 7.35. The van der Waals surface area contributed by atoms with Gasteiger partial charge in [0.1, 0.15) is 0 Å². The van der Waals surface area contributed by atoms with Crippen molar-refractivity contribution in [2.24, 2.45) is 5.92 Å². The van der Waals surface area contributed by atoms with Crippen molar-refractivity contribution in [3.63, 3.8) is 0 Å². The summed E-state index contributed by atoms with van der Waals surface area (Å²) in [5, 5.41) is 0. The van der Waals surface area contributed by atoms with Crippen molar-refractivity contribution in [3.05, 3.63) is 21.9 Å². The molecule has 1 saturated carbocycles. The topological polar surface area (TPSA) is 0 Å². The molecule has 0 saturated heterocycles. The Bertz CT molecular complexity index is 233. The van der Waals surface area contributed by atoms with E-state index in [4.69, 9.17) is 0 Å². The monoisotopic (exact) mass is 166 g/mol. The van der Waals surface area contributed by atoms with Gasteiger partial charge in [-0.1, -0.05) is 12.8 Å². The van der Waals surface area contributed by atoms with E-state index in [1.807, 2.05) is 11.3 Å². The standard InChI is InChI=1S/C10H14S/c1-8-2-6-10(11-8)7-5-9-3-4-9/h2,6,9H,3-5,7H2,1H3. The summed E-state index contributed by atoms with van der Waals surface area (Å²) in [6, 6.07) is 4.51. The Hall–Kier alpha value is -0.300. The molecule has 1 aliphatic rings. The molecule has 2 rings (SSSR count). The van der Waals surface area contributed by atoms with Crippen LogP contribution >= 0.6 is 11.3 Å². The highest BCUT2D eigenvalue weighted by atomic mass is 32.1. The van der Waals surface area contributed by atoms with Crippen LogP contribution in [0.15, 0.2) is 12.1 Å². The second-order valence-corrected chi connectivity index (χ2v) is 4.87. The summed E-state index contributed by atoms with van der Waals surface area (Å²) in [7, 11) is 0. The maximum atomic E-state index is 2.28. The fraction of sp³-hybridized carbons (Fsp3) is 0.600. The lowest BCUT2D eigenvalue weighted by Gasteiger charge is -1.92. The molecule has 0 bridgehead atoms. The third-order valence-corrected chi connectivity index (χ3v) is 3.35. The Balaban J connectivity index is 1.85. The van der Waals surface area contributed by atoms with E-state index >= 15 is 0 Å². The van der Waals surface area contributed by atoms with Crippen LogP contribution in [-0.2, 0) is 6.42 Å². The van der Waals surface area contributed by atoms with E-state index in [0.717, 1.165) is 5.92 Å². The van der Waals surface area contributed by atoms with E-state index in [-0.39, 0.29) is 0 Å². The average molecular weight is 166 g/mol. The number of hydrogen-bond donors (Lipinski definition) is 0. The SMILES string of the molecule is Cc1ccc(CCC2CC2)s1. The lowest BCUT2D eigenvalue weighted by molar-refractivity contribution is 0.733. The highest BCUT2D eigenvalue weighted by Crippen LogP contribution is 2.34. The van der Waals surface area contributed by atoms with E-state index in [1.165, 1.54) is 30.6 Å². The highest BCUT2D eigenvalue weighted by Gasteiger charge is 2.20. The van der Waals surface area contributed by atoms with Crippen molar-refractivity contribution < 1.29 is 0 Å². The molecule has 0 nitrogen and oxygen atoms in total. The molecule has 0 radical (unpaired) electrons. The minimum atomic E-state index is 1.08. The Morgan fingerprint density at radius 2 is 2.27 bits per heavy atom. The van der Waals surface area contributed by atoms with Gasteiger partial charge in [0, 0.05) is 9.75 Å². The minimum absolute atomic E-state index is 1.08. The molecule has 1 fully saturated rings. The zero-order valence-electron chi connectivity index (χ0n) is 6.97. The Morgan fingerprint density at radius 3 is 2.82 bits per heavy atom. The number of thiophene rings is 1. The molecule has 11 heavy (non-hydrogen) atoms. The van der Waals surface area contributed by atoms with Gasteiger partial charge in [-0.15, -0.1) is 11.3 Å². The van der Waals surface area contributed by atoms with Gasteiger partial charge in [-0.25, -0.2) is 0 Å². The van der Waals surface area contributed by atoms with Crippen LogP contribution in [0.1, 0.15) is 29.0 Å². The fourth-order valence-electron chi connectivity index (χ4n) is 1.37. The van der Waals surface area contributed by atoms with Crippen LogP contribution in [0.4, 0.5) is 0 Å². The van der Waals surface area contributed by atoms with Gasteiger partial charge in [0.25, 0.3) is 0 Å². The molecular formula is C10H14S. The van der Waals surface area contributed by atoms with E-state index in [2.05, 4.69) is 19.1 Å². The normalized spacial score (nSPS) is 17.2. The smallest absolute Gasteiger partial charge is 0.00481 e. The zero-order valence-corrected chi connectivity index (χ0v) is 7.79. The summed E-state index contributed by atoms with van der Waals surface area (Å²) in [5.74, 6) is 1.08. The van der Waals surface area contributed by atoms with E-state index in [1.54, 1.807) is 4.88 Å². The maximum absolute atomic E-state index is 2.28. The van der Waals surface area contributed by atoms with E-state index in [0.29, 0.717) is 0 Å². The number of hydrogen-bond acceptors (Lipinski definition) is 1.